The number of rotatable bonds is 6. The quantitative estimate of drug-likeness (QED) is 0.659. The molecule has 1 rings (SSSR count). The Balaban J connectivity index is 2.55. The lowest BCUT2D eigenvalue weighted by Crippen LogP contribution is -2.30. The first kappa shape index (κ1) is 13.8. The molecule has 0 aliphatic carbocycles. The first-order chi connectivity index (χ1) is 8.67. The van der Waals surface area contributed by atoms with Gasteiger partial charge in [-0.3, -0.25) is 4.79 Å². The van der Waals surface area contributed by atoms with Crippen LogP contribution in [-0.4, -0.2) is 19.0 Å². The lowest BCUT2D eigenvalue weighted by Gasteiger charge is -2.09. The molecule has 0 aromatic heterocycles. The first-order valence-corrected chi connectivity index (χ1v) is 5.93. The van der Waals surface area contributed by atoms with Crippen LogP contribution in [0.25, 0.3) is 0 Å². The van der Waals surface area contributed by atoms with E-state index in [0.717, 1.165) is 17.7 Å². The van der Waals surface area contributed by atoms with Crippen molar-refractivity contribution in [2.24, 2.45) is 0 Å². The van der Waals surface area contributed by atoms with Crippen LogP contribution in [0.3, 0.4) is 0 Å². The number of nitrogen functional groups attached to an aromatic ring is 1. The number of carbonyl (C=O) groups excluding carboxylic acids is 1. The predicted octanol–water partition coefficient (Wildman–Crippen LogP) is 1.27. The summed E-state index contributed by atoms with van der Waals surface area (Å²) in [6, 6.07) is 7.39. The number of nitrogens with one attached hydrogen (secondary N) is 2. The molecule has 0 heterocycles. The van der Waals surface area contributed by atoms with Crippen molar-refractivity contribution >= 4 is 17.3 Å². The Kier molecular flexibility index (Phi) is 5.52. The van der Waals surface area contributed by atoms with Gasteiger partial charge in [-0.25, -0.2) is 0 Å². The van der Waals surface area contributed by atoms with Crippen LogP contribution < -0.4 is 16.4 Å². The minimum Gasteiger partial charge on any atom is -0.398 e. The lowest BCUT2D eigenvalue weighted by molar-refractivity contribution is -0.119. The summed E-state index contributed by atoms with van der Waals surface area (Å²) in [6.07, 6.45) is 1.18. The minimum atomic E-state index is -0.0458. The monoisotopic (exact) mass is 246 g/mol. The third-order valence-electron chi connectivity index (χ3n) is 2.44. The molecule has 18 heavy (non-hydrogen) atoms. The molecule has 0 saturated carbocycles. The smallest absolute Gasteiger partial charge is 0.239 e. The van der Waals surface area contributed by atoms with Crippen LogP contribution in [0.5, 0.6) is 0 Å². The van der Waals surface area contributed by atoms with Crippen LogP contribution in [0.15, 0.2) is 18.2 Å². The molecule has 0 spiro atoms. The van der Waals surface area contributed by atoms with Crippen molar-refractivity contribution in [3.05, 3.63) is 23.8 Å². The molecule has 0 bridgehead atoms. The normalized spacial score (nSPS) is 9.56. The molecule has 1 aromatic rings. The highest BCUT2D eigenvalue weighted by Crippen LogP contribution is 2.17. The van der Waals surface area contributed by atoms with Crippen LogP contribution in [0.2, 0.25) is 0 Å². The molecule has 0 aliphatic rings. The fourth-order valence-corrected chi connectivity index (χ4v) is 1.46. The maximum Gasteiger partial charge on any atom is 0.239 e. The van der Waals surface area contributed by atoms with Crippen LogP contribution in [0.4, 0.5) is 11.4 Å². The second-order valence-electron chi connectivity index (χ2n) is 3.95. The van der Waals surface area contributed by atoms with E-state index in [-0.39, 0.29) is 18.9 Å². The van der Waals surface area contributed by atoms with Crippen LogP contribution >= 0.6 is 0 Å². The summed E-state index contributed by atoms with van der Waals surface area (Å²) >= 11 is 0. The van der Waals surface area contributed by atoms with Crippen molar-refractivity contribution in [1.29, 1.82) is 5.26 Å². The maximum absolute atomic E-state index is 11.4. The zero-order valence-electron chi connectivity index (χ0n) is 10.5. The minimum absolute atomic E-state index is 0.0458. The summed E-state index contributed by atoms with van der Waals surface area (Å²) in [4.78, 5) is 11.4. The highest BCUT2D eigenvalue weighted by Gasteiger charge is 2.03. The Morgan fingerprint density at radius 1 is 1.50 bits per heavy atom. The lowest BCUT2D eigenvalue weighted by atomic mass is 10.1. The standard InChI is InChI=1S/C13H18N4O/c1-2-7-16-13(18)9-17-11-3-4-12(15)10(8-11)5-6-14/h3-4,8,17H,2,5,7,9,15H2,1H3,(H,16,18). The molecule has 0 radical (unpaired) electrons. The second kappa shape index (κ2) is 7.17. The van der Waals surface area contributed by atoms with Crippen LogP contribution in [0, 0.1) is 11.3 Å². The largest absolute Gasteiger partial charge is 0.398 e. The van der Waals surface area contributed by atoms with Crippen molar-refractivity contribution in [2.75, 3.05) is 24.1 Å². The molecule has 1 amide bonds. The number of benzene rings is 1. The van der Waals surface area contributed by atoms with Gasteiger partial charge in [-0.1, -0.05) is 6.92 Å². The number of amides is 1. The van der Waals surface area contributed by atoms with E-state index in [1.54, 1.807) is 18.2 Å². The van der Waals surface area contributed by atoms with Crippen molar-refractivity contribution in [3.8, 4) is 6.07 Å². The van der Waals surface area contributed by atoms with E-state index in [4.69, 9.17) is 11.0 Å². The van der Waals surface area contributed by atoms with Gasteiger partial charge in [0.1, 0.15) is 0 Å². The number of anilines is 2. The van der Waals surface area contributed by atoms with Gasteiger partial charge < -0.3 is 16.4 Å². The van der Waals surface area contributed by atoms with Gasteiger partial charge in [0.05, 0.1) is 19.0 Å². The van der Waals surface area contributed by atoms with Gasteiger partial charge in [0, 0.05) is 17.9 Å². The predicted molar refractivity (Wildman–Crippen MR) is 72.0 cm³/mol. The molecule has 0 aliphatic heterocycles. The Morgan fingerprint density at radius 2 is 2.28 bits per heavy atom. The first-order valence-electron chi connectivity index (χ1n) is 5.93. The molecule has 4 N–H and O–H groups in total. The van der Waals surface area contributed by atoms with Crippen LogP contribution in [0.1, 0.15) is 18.9 Å². The summed E-state index contributed by atoms with van der Waals surface area (Å²) in [5.74, 6) is -0.0458. The highest BCUT2D eigenvalue weighted by atomic mass is 16.1. The summed E-state index contributed by atoms with van der Waals surface area (Å²) in [5.41, 5.74) is 7.90. The molecule has 1 aromatic carbocycles. The van der Waals surface area contributed by atoms with Gasteiger partial charge in [0.15, 0.2) is 0 Å². The van der Waals surface area contributed by atoms with E-state index in [2.05, 4.69) is 16.7 Å². The Labute approximate surface area is 107 Å². The highest BCUT2D eigenvalue weighted by molar-refractivity contribution is 5.80. The average Bonchev–Trinajstić information content (AvgIpc) is 2.37. The summed E-state index contributed by atoms with van der Waals surface area (Å²) in [7, 11) is 0. The molecule has 0 fully saturated rings. The van der Waals surface area contributed by atoms with E-state index < -0.39 is 0 Å². The number of hydrogen-bond donors (Lipinski definition) is 3. The van der Waals surface area contributed by atoms with Crippen molar-refractivity contribution in [1.82, 2.24) is 5.32 Å². The van der Waals surface area contributed by atoms with Gasteiger partial charge in [0.2, 0.25) is 5.91 Å². The molecule has 5 nitrogen and oxygen atoms in total. The number of hydrogen-bond acceptors (Lipinski definition) is 4. The Bertz CT molecular complexity index is 451. The van der Waals surface area contributed by atoms with Gasteiger partial charge in [0.25, 0.3) is 0 Å². The molecule has 96 valence electrons. The zero-order chi connectivity index (χ0) is 13.4. The van der Waals surface area contributed by atoms with E-state index in [1.807, 2.05) is 6.92 Å². The van der Waals surface area contributed by atoms with E-state index in [9.17, 15) is 4.79 Å². The topological polar surface area (TPSA) is 90.9 Å². The summed E-state index contributed by atoms with van der Waals surface area (Å²) in [6.45, 7) is 2.90. The fourth-order valence-electron chi connectivity index (χ4n) is 1.46. The SMILES string of the molecule is CCCNC(=O)CNc1ccc(N)c(CC#N)c1. The van der Waals surface area contributed by atoms with Gasteiger partial charge in [-0.05, 0) is 30.2 Å². The maximum atomic E-state index is 11.4. The number of nitrogens with two attached hydrogens (primary N) is 1. The molecular weight excluding hydrogens is 228 g/mol. The Morgan fingerprint density at radius 3 is 2.94 bits per heavy atom. The molecule has 0 saturated heterocycles. The number of nitrogens with zero attached hydrogens (tertiary/aromatic N) is 1. The average molecular weight is 246 g/mol. The van der Waals surface area contributed by atoms with Crippen molar-refractivity contribution in [2.45, 2.75) is 19.8 Å². The fraction of sp³-hybridized carbons (Fsp3) is 0.385. The van der Waals surface area contributed by atoms with Crippen molar-refractivity contribution in [3.63, 3.8) is 0 Å². The van der Waals surface area contributed by atoms with Crippen molar-refractivity contribution < 1.29 is 4.79 Å². The molecular formula is C13H18N4O. The van der Waals surface area contributed by atoms with Crippen LogP contribution in [-0.2, 0) is 11.2 Å². The van der Waals surface area contributed by atoms with Gasteiger partial charge in [-0.2, -0.15) is 5.26 Å². The van der Waals surface area contributed by atoms with E-state index in [1.165, 1.54) is 0 Å². The molecule has 0 atom stereocenters. The van der Waals surface area contributed by atoms with E-state index in [0.29, 0.717) is 12.2 Å². The summed E-state index contributed by atoms with van der Waals surface area (Å²) < 4.78 is 0. The Hall–Kier alpha value is -2.22. The second-order valence-corrected chi connectivity index (χ2v) is 3.95. The zero-order valence-corrected chi connectivity index (χ0v) is 10.5. The number of carbonyl (C=O) groups is 1. The number of nitriles is 1. The van der Waals surface area contributed by atoms with Gasteiger partial charge in [-0.15, -0.1) is 0 Å². The molecule has 0 unspecified atom stereocenters. The van der Waals surface area contributed by atoms with Gasteiger partial charge >= 0.3 is 0 Å². The molecule has 5 heteroatoms. The third kappa shape index (κ3) is 4.34. The third-order valence-corrected chi connectivity index (χ3v) is 2.44. The summed E-state index contributed by atoms with van der Waals surface area (Å²) in [5, 5.41) is 14.4. The van der Waals surface area contributed by atoms with E-state index >= 15 is 0 Å².